The molecule has 0 atom stereocenters. The Labute approximate surface area is 98.6 Å². The number of nitrogens with two attached hydrogens (primary N) is 1. The molecule has 1 rings (SSSR count). The first-order valence-electron chi connectivity index (χ1n) is 5.54. The fourth-order valence-corrected chi connectivity index (χ4v) is 1.91. The molecule has 0 saturated heterocycles. The van der Waals surface area contributed by atoms with E-state index in [9.17, 15) is 4.79 Å². The monoisotopic (exact) mass is 234 g/mol. The molecule has 3 nitrogen and oxygen atoms in total. The second-order valence-corrected chi connectivity index (χ2v) is 4.97. The number of carbonyl (C=O) groups is 1. The summed E-state index contributed by atoms with van der Waals surface area (Å²) in [6.07, 6.45) is 3.80. The molecule has 1 saturated carbocycles. The highest BCUT2D eigenvalue weighted by Crippen LogP contribution is 2.30. The fraction of sp³-hybridized carbons (Fsp3) is 0.909. The third-order valence-electron chi connectivity index (χ3n) is 3.04. The minimum atomic E-state index is -0.600. The van der Waals surface area contributed by atoms with Crippen LogP contribution in [0.1, 0.15) is 46.5 Å². The maximum absolute atomic E-state index is 11.8. The van der Waals surface area contributed by atoms with Crippen molar-refractivity contribution in [2.45, 2.75) is 58.0 Å². The normalized spacial score (nSPS) is 30.9. The summed E-state index contributed by atoms with van der Waals surface area (Å²) in [5, 5.41) is 2.90. The van der Waals surface area contributed by atoms with Crippen molar-refractivity contribution < 1.29 is 4.79 Å². The van der Waals surface area contributed by atoms with Gasteiger partial charge in [0.15, 0.2) is 0 Å². The van der Waals surface area contributed by atoms with Gasteiger partial charge in [0, 0.05) is 6.04 Å². The molecule has 1 aliphatic carbocycles. The Morgan fingerprint density at radius 3 is 2.27 bits per heavy atom. The second kappa shape index (κ2) is 5.71. The van der Waals surface area contributed by atoms with Crippen LogP contribution in [-0.4, -0.2) is 17.5 Å². The van der Waals surface area contributed by atoms with Gasteiger partial charge in [0.25, 0.3) is 0 Å². The summed E-state index contributed by atoms with van der Waals surface area (Å²) in [5.41, 5.74) is 5.50. The lowest BCUT2D eigenvalue weighted by molar-refractivity contribution is -0.128. The number of rotatable bonds is 2. The zero-order valence-corrected chi connectivity index (χ0v) is 10.7. The summed E-state index contributed by atoms with van der Waals surface area (Å²) >= 11 is 0. The average molecular weight is 235 g/mol. The molecule has 15 heavy (non-hydrogen) atoms. The topological polar surface area (TPSA) is 55.1 Å². The van der Waals surface area contributed by atoms with E-state index in [4.69, 9.17) is 5.73 Å². The van der Waals surface area contributed by atoms with Gasteiger partial charge in [-0.1, -0.05) is 6.92 Å². The van der Waals surface area contributed by atoms with E-state index in [0.29, 0.717) is 0 Å². The van der Waals surface area contributed by atoms with Crippen molar-refractivity contribution in [1.29, 1.82) is 0 Å². The maximum Gasteiger partial charge on any atom is 0.240 e. The highest BCUT2D eigenvalue weighted by atomic mass is 35.5. The largest absolute Gasteiger partial charge is 0.352 e. The van der Waals surface area contributed by atoms with Crippen LogP contribution in [-0.2, 0) is 4.79 Å². The molecule has 1 aliphatic rings. The van der Waals surface area contributed by atoms with E-state index >= 15 is 0 Å². The lowest BCUT2D eigenvalue weighted by Gasteiger charge is -2.35. The standard InChI is InChI=1S/C11H22N2O.ClH/c1-8(2)13-10(14)11(12)6-4-9(3)5-7-11;/h8-9H,4-7,12H2,1-3H3,(H,13,14);1H. The third kappa shape index (κ3) is 3.99. The van der Waals surface area contributed by atoms with Crippen molar-refractivity contribution in [2.75, 3.05) is 0 Å². The molecular weight excluding hydrogens is 212 g/mol. The molecule has 0 aromatic carbocycles. The molecule has 90 valence electrons. The van der Waals surface area contributed by atoms with Crippen LogP contribution < -0.4 is 11.1 Å². The molecule has 3 N–H and O–H groups in total. The molecule has 0 heterocycles. The molecule has 1 fully saturated rings. The Morgan fingerprint density at radius 2 is 1.87 bits per heavy atom. The Hall–Kier alpha value is -0.280. The molecule has 0 aliphatic heterocycles. The van der Waals surface area contributed by atoms with Gasteiger partial charge in [0.1, 0.15) is 0 Å². The predicted octanol–water partition coefficient (Wildman–Crippen LogP) is 1.84. The molecule has 0 aromatic heterocycles. The summed E-state index contributed by atoms with van der Waals surface area (Å²) in [6.45, 7) is 6.15. The van der Waals surface area contributed by atoms with E-state index in [0.717, 1.165) is 31.6 Å². The highest BCUT2D eigenvalue weighted by Gasteiger charge is 2.37. The van der Waals surface area contributed by atoms with Gasteiger partial charge < -0.3 is 11.1 Å². The molecule has 0 bridgehead atoms. The molecule has 0 aromatic rings. The van der Waals surface area contributed by atoms with Crippen LogP contribution in [0.3, 0.4) is 0 Å². The average Bonchev–Trinajstić information content (AvgIpc) is 2.09. The van der Waals surface area contributed by atoms with Crippen LogP contribution in [0.2, 0.25) is 0 Å². The van der Waals surface area contributed by atoms with Crippen LogP contribution in [0.15, 0.2) is 0 Å². The molecule has 1 amide bonds. The van der Waals surface area contributed by atoms with Crippen LogP contribution in [0.4, 0.5) is 0 Å². The summed E-state index contributed by atoms with van der Waals surface area (Å²) in [7, 11) is 0. The van der Waals surface area contributed by atoms with Crippen molar-refractivity contribution >= 4 is 18.3 Å². The van der Waals surface area contributed by atoms with Crippen LogP contribution in [0, 0.1) is 5.92 Å². The summed E-state index contributed by atoms with van der Waals surface area (Å²) < 4.78 is 0. The van der Waals surface area contributed by atoms with E-state index in [1.165, 1.54) is 0 Å². The minimum Gasteiger partial charge on any atom is -0.352 e. The molecular formula is C11H23ClN2O. The predicted molar refractivity (Wildman–Crippen MR) is 65.1 cm³/mol. The van der Waals surface area contributed by atoms with Crippen LogP contribution in [0.5, 0.6) is 0 Å². The Bertz CT molecular complexity index is 211. The van der Waals surface area contributed by atoms with Gasteiger partial charge in [-0.05, 0) is 45.4 Å². The number of nitrogens with one attached hydrogen (secondary N) is 1. The lowest BCUT2D eigenvalue weighted by Crippen LogP contribution is -2.56. The summed E-state index contributed by atoms with van der Waals surface area (Å²) in [5.74, 6) is 0.748. The van der Waals surface area contributed by atoms with Gasteiger partial charge in [0.05, 0.1) is 5.54 Å². The number of carbonyl (C=O) groups excluding carboxylic acids is 1. The third-order valence-corrected chi connectivity index (χ3v) is 3.04. The van der Waals surface area contributed by atoms with Crippen molar-refractivity contribution in [3.8, 4) is 0 Å². The summed E-state index contributed by atoms with van der Waals surface area (Å²) in [4.78, 5) is 11.8. The van der Waals surface area contributed by atoms with Gasteiger partial charge in [-0.25, -0.2) is 0 Å². The Kier molecular flexibility index (Phi) is 5.60. The number of amides is 1. The van der Waals surface area contributed by atoms with Crippen molar-refractivity contribution in [2.24, 2.45) is 11.7 Å². The van der Waals surface area contributed by atoms with Gasteiger partial charge in [-0.15, -0.1) is 12.4 Å². The molecule has 0 unspecified atom stereocenters. The molecule has 0 radical (unpaired) electrons. The molecule has 0 spiro atoms. The van der Waals surface area contributed by atoms with Gasteiger partial charge >= 0.3 is 0 Å². The smallest absolute Gasteiger partial charge is 0.240 e. The van der Waals surface area contributed by atoms with Gasteiger partial charge in [0.2, 0.25) is 5.91 Å². The first-order chi connectivity index (χ1) is 6.44. The van der Waals surface area contributed by atoms with E-state index in [1.54, 1.807) is 0 Å². The van der Waals surface area contributed by atoms with Crippen LogP contribution in [0.25, 0.3) is 0 Å². The minimum absolute atomic E-state index is 0. The fourth-order valence-electron chi connectivity index (χ4n) is 1.91. The number of hydrogen-bond donors (Lipinski definition) is 2. The number of hydrogen-bond acceptors (Lipinski definition) is 2. The SMILES string of the molecule is CC1CCC(N)(C(=O)NC(C)C)CC1.Cl. The van der Waals surface area contributed by atoms with E-state index < -0.39 is 5.54 Å². The lowest BCUT2D eigenvalue weighted by atomic mass is 9.77. The summed E-state index contributed by atoms with van der Waals surface area (Å²) in [6, 6.07) is 0.183. The van der Waals surface area contributed by atoms with E-state index in [2.05, 4.69) is 12.2 Å². The quantitative estimate of drug-likeness (QED) is 0.766. The maximum atomic E-state index is 11.8. The first-order valence-corrected chi connectivity index (χ1v) is 5.54. The van der Waals surface area contributed by atoms with Crippen molar-refractivity contribution in [1.82, 2.24) is 5.32 Å². The Balaban J connectivity index is 0.00000196. The van der Waals surface area contributed by atoms with E-state index in [1.807, 2.05) is 13.8 Å². The highest BCUT2D eigenvalue weighted by molar-refractivity contribution is 5.86. The van der Waals surface area contributed by atoms with Crippen molar-refractivity contribution in [3.63, 3.8) is 0 Å². The zero-order chi connectivity index (χ0) is 10.8. The second-order valence-electron chi connectivity index (χ2n) is 4.97. The molecule has 4 heteroatoms. The van der Waals surface area contributed by atoms with E-state index in [-0.39, 0.29) is 24.4 Å². The Morgan fingerprint density at radius 1 is 1.40 bits per heavy atom. The first kappa shape index (κ1) is 14.7. The van der Waals surface area contributed by atoms with Crippen molar-refractivity contribution in [3.05, 3.63) is 0 Å². The van der Waals surface area contributed by atoms with Gasteiger partial charge in [-0.2, -0.15) is 0 Å². The number of halogens is 1. The zero-order valence-electron chi connectivity index (χ0n) is 9.88. The van der Waals surface area contributed by atoms with Crippen LogP contribution >= 0.6 is 12.4 Å². The van der Waals surface area contributed by atoms with Gasteiger partial charge in [-0.3, -0.25) is 4.79 Å².